The number of nitrogen functional groups attached to an aromatic ring is 1. The summed E-state index contributed by atoms with van der Waals surface area (Å²) in [6.07, 6.45) is 0. The number of hydrogen-bond acceptors (Lipinski definition) is 3. The lowest BCUT2D eigenvalue weighted by molar-refractivity contribution is -0.157. The van der Waals surface area contributed by atoms with Gasteiger partial charge in [0.25, 0.3) is 0 Å². The third kappa shape index (κ3) is 2.95. The van der Waals surface area contributed by atoms with Gasteiger partial charge in [0.2, 0.25) is 0 Å². The van der Waals surface area contributed by atoms with Gasteiger partial charge in [-0.05, 0) is 31.5 Å². The lowest BCUT2D eigenvalue weighted by atomic mass is 10.1. The number of hydrogen-bond donors (Lipinski definition) is 1. The first kappa shape index (κ1) is 14.8. The number of nitrogens with zero attached hydrogens (tertiary/aromatic N) is 2. The van der Waals surface area contributed by atoms with Crippen LogP contribution in [0.25, 0.3) is 0 Å². The van der Waals surface area contributed by atoms with Crippen LogP contribution < -0.4 is 5.73 Å². The third-order valence-electron chi connectivity index (χ3n) is 3.43. The summed E-state index contributed by atoms with van der Waals surface area (Å²) in [5.41, 5.74) is 7.40. The Labute approximate surface area is 126 Å². The molecule has 0 aromatic heterocycles. The Balaban J connectivity index is 2.11. The van der Waals surface area contributed by atoms with Gasteiger partial charge in [0.15, 0.2) is 0 Å². The van der Waals surface area contributed by atoms with Gasteiger partial charge in [-0.3, -0.25) is 9.59 Å². The van der Waals surface area contributed by atoms with E-state index in [-0.39, 0.29) is 6.04 Å². The van der Waals surface area contributed by atoms with Gasteiger partial charge in [0.1, 0.15) is 0 Å². The van der Waals surface area contributed by atoms with Gasteiger partial charge in [-0.2, -0.15) is 0 Å². The Morgan fingerprint density at radius 1 is 1.25 bits per heavy atom. The van der Waals surface area contributed by atoms with Gasteiger partial charge in [0.05, 0.1) is 0 Å². The van der Waals surface area contributed by atoms with Crippen LogP contribution in [0.5, 0.6) is 0 Å². The smallest absolute Gasteiger partial charge is 0.312 e. The van der Waals surface area contributed by atoms with Gasteiger partial charge in [-0.15, -0.1) is 0 Å². The predicted octanol–water partition coefficient (Wildman–Crippen LogP) is 1.61. The van der Waals surface area contributed by atoms with E-state index in [9.17, 15) is 9.59 Å². The molecular formula is C14H18BrN3O2. The van der Waals surface area contributed by atoms with Crippen molar-refractivity contribution < 1.29 is 9.59 Å². The lowest BCUT2D eigenvalue weighted by Crippen LogP contribution is -2.55. The second kappa shape index (κ2) is 5.83. The molecule has 1 aromatic rings. The molecule has 5 nitrogen and oxygen atoms in total. The van der Waals surface area contributed by atoms with Crippen LogP contribution in [0.1, 0.15) is 19.4 Å². The van der Waals surface area contributed by atoms with E-state index in [4.69, 9.17) is 5.73 Å². The minimum atomic E-state index is -0.452. The maximum atomic E-state index is 12.1. The SMILES string of the molecule is CC(C)N1CCN(Cc2ccc(Br)cc2N)C(=O)C1=O. The summed E-state index contributed by atoms with van der Waals surface area (Å²) in [5.74, 6) is -0.880. The van der Waals surface area contributed by atoms with Gasteiger partial charge >= 0.3 is 11.8 Å². The fourth-order valence-corrected chi connectivity index (χ4v) is 2.63. The summed E-state index contributed by atoms with van der Waals surface area (Å²) >= 11 is 3.35. The zero-order valence-corrected chi connectivity index (χ0v) is 13.2. The van der Waals surface area contributed by atoms with E-state index < -0.39 is 11.8 Å². The largest absolute Gasteiger partial charge is 0.398 e. The summed E-state index contributed by atoms with van der Waals surface area (Å²) < 4.78 is 0.894. The molecule has 0 spiro atoms. The van der Waals surface area contributed by atoms with Crippen molar-refractivity contribution in [2.75, 3.05) is 18.8 Å². The third-order valence-corrected chi connectivity index (χ3v) is 3.93. The lowest BCUT2D eigenvalue weighted by Gasteiger charge is -2.36. The molecule has 0 aliphatic carbocycles. The Morgan fingerprint density at radius 3 is 2.55 bits per heavy atom. The fourth-order valence-electron chi connectivity index (χ4n) is 2.25. The van der Waals surface area contributed by atoms with Crippen molar-refractivity contribution in [2.24, 2.45) is 0 Å². The Morgan fingerprint density at radius 2 is 1.95 bits per heavy atom. The Bertz CT molecular complexity index is 545. The highest BCUT2D eigenvalue weighted by molar-refractivity contribution is 9.10. The Hall–Kier alpha value is -1.56. The zero-order valence-electron chi connectivity index (χ0n) is 11.6. The predicted molar refractivity (Wildman–Crippen MR) is 80.8 cm³/mol. The first-order valence-corrected chi connectivity index (χ1v) is 7.33. The van der Waals surface area contributed by atoms with E-state index in [1.165, 1.54) is 0 Å². The molecule has 2 N–H and O–H groups in total. The summed E-state index contributed by atoms with van der Waals surface area (Å²) in [6, 6.07) is 5.59. The van der Waals surface area contributed by atoms with Gasteiger partial charge in [0, 0.05) is 35.8 Å². The highest BCUT2D eigenvalue weighted by Crippen LogP contribution is 2.21. The molecule has 6 heteroatoms. The van der Waals surface area contributed by atoms with E-state index in [1.54, 1.807) is 15.9 Å². The van der Waals surface area contributed by atoms with Crippen molar-refractivity contribution in [1.82, 2.24) is 9.80 Å². The summed E-state index contributed by atoms with van der Waals surface area (Å²) in [7, 11) is 0. The van der Waals surface area contributed by atoms with Gasteiger partial charge < -0.3 is 15.5 Å². The van der Waals surface area contributed by atoms with Crippen LogP contribution in [0.2, 0.25) is 0 Å². The quantitative estimate of drug-likeness (QED) is 0.672. The van der Waals surface area contributed by atoms with Crippen LogP contribution in [0.3, 0.4) is 0 Å². The number of carbonyl (C=O) groups excluding carboxylic acids is 2. The highest BCUT2D eigenvalue weighted by atomic mass is 79.9. The first-order valence-electron chi connectivity index (χ1n) is 6.54. The highest BCUT2D eigenvalue weighted by Gasteiger charge is 2.33. The van der Waals surface area contributed by atoms with Crippen LogP contribution in [-0.4, -0.2) is 40.7 Å². The minimum absolute atomic E-state index is 0.0475. The first-order chi connectivity index (χ1) is 9.40. The maximum absolute atomic E-state index is 12.1. The van der Waals surface area contributed by atoms with Crippen LogP contribution >= 0.6 is 15.9 Å². The maximum Gasteiger partial charge on any atom is 0.312 e. The molecule has 0 atom stereocenters. The Kier molecular flexibility index (Phi) is 4.32. The zero-order chi connectivity index (χ0) is 14.9. The standard InChI is InChI=1S/C14H18BrN3O2/c1-9(2)18-6-5-17(13(19)14(18)20)8-10-3-4-11(15)7-12(10)16/h3-4,7,9H,5-6,8,16H2,1-2H3. The minimum Gasteiger partial charge on any atom is -0.398 e. The van der Waals surface area contributed by atoms with E-state index in [2.05, 4.69) is 15.9 Å². The molecule has 1 fully saturated rings. The van der Waals surface area contributed by atoms with Crippen molar-refractivity contribution in [3.05, 3.63) is 28.2 Å². The molecule has 2 amide bonds. The molecule has 0 radical (unpaired) electrons. The molecule has 1 saturated heterocycles. The summed E-state index contributed by atoms with van der Waals surface area (Å²) in [4.78, 5) is 27.3. The second-order valence-electron chi connectivity index (χ2n) is 5.16. The molecule has 1 heterocycles. The molecule has 20 heavy (non-hydrogen) atoms. The van der Waals surface area contributed by atoms with E-state index in [1.807, 2.05) is 26.0 Å². The van der Waals surface area contributed by atoms with Gasteiger partial charge in [-0.1, -0.05) is 22.0 Å². The number of rotatable bonds is 3. The van der Waals surface area contributed by atoms with Crippen LogP contribution in [0.15, 0.2) is 22.7 Å². The fraction of sp³-hybridized carbons (Fsp3) is 0.429. The topological polar surface area (TPSA) is 66.6 Å². The van der Waals surface area contributed by atoms with Crippen molar-refractivity contribution in [3.8, 4) is 0 Å². The average Bonchev–Trinajstić information content (AvgIpc) is 2.37. The molecule has 1 aromatic carbocycles. The second-order valence-corrected chi connectivity index (χ2v) is 6.08. The molecule has 0 unspecified atom stereocenters. The number of nitrogens with two attached hydrogens (primary N) is 1. The molecule has 1 aliphatic rings. The van der Waals surface area contributed by atoms with Crippen molar-refractivity contribution in [2.45, 2.75) is 26.4 Å². The molecule has 0 saturated carbocycles. The van der Waals surface area contributed by atoms with E-state index in [0.29, 0.717) is 25.3 Å². The molecular weight excluding hydrogens is 322 g/mol. The normalized spacial score (nSPS) is 16.2. The molecule has 108 valence electrons. The molecule has 1 aliphatic heterocycles. The number of anilines is 1. The van der Waals surface area contributed by atoms with Crippen LogP contribution in [0.4, 0.5) is 5.69 Å². The number of benzene rings is 1. The summed E-state index contributed by atoms with van der Waals surface area (Å²) in [6.45, 7) is 5.30. The van der Waals surface area contributed by atoms with E-state index >= 15 is 0 Å². The summed E-state index contributed by atoms with van der Waals surface area (Å²) in [5, 5.41) is 0. The number of amides is 2. The molecule has 2 rings (SSSR count). The van der Waals surface area contributed by atoms with E-state index in [0.717, 1.165) is 10.0 Å². The number of halogens is 1. The molecule has 0 bridgehead atoms. The van der Waals surface area contributed by atoms with Crippen molar-refractivity contribution >= 4 is 33.4 Å². The van der Waals surface area contributed by atoms with Crippen LogP contribution in [-0.2, 0) is 16.1 Å². The monoisotopic (exact) mass is 339 g/mol. The van der Waals surface area contributed by atoms with Crippen LogP contribution in [0, 0.1) is 0 Å². The van der Waals surface area contributed by atoms with Crippen molar-refractivity contribution in [1.29, 1.82) is 0 Å². The average molecular weight is 340 g/mol. The number of carbonyl (C=O) groups is 2. The van der Waals surface area contributed by atoms with Gasteiger partial charge in [-0.25, -0.2) is 0 Å². The van der Waals surface area contributed by atoms with Crippen molar-refractivity contribution in [3.63, 3.8) is 0 Å². The number of piperazine rings is 1.